The molecule has 0 saturated heterocycles. The zero-order valence-electron chi connectivity index (χ0n) is 23.4. The van der Waals surface area contributed by atoms with Gasteiger partial charge in [0, 0.05) is 5.56 Å². The molecule has 0 spiro atoms. The second-order valence-corrected chi connectivity index (χ2v) is 12.5. The summed E-state index contributed by atoms with van der Waals surface area (Å²) in [5.74, 6) is -1.30. The molecule has 0 amide bonds. The predicted molar refractivity (Wildman–Crippen MR) is 158 cm³/mol. The van der Waals surface area contributed by atoms with E-state index in [1.807, 2.05) is 36.4 Å². The van der Waals surface area contributed by atoms with Gasteiger partial charge in [-0.05, 0) is 80.6 Å². The molecule has 5 rings (SSSR count). The lowest BCUT2D eigenvalue weighted by Gasteiger charge is -2.22. The summed E-state index contributed by atoms with van der Waals surface area (Å²) >= 11 is 0. The monoisotopic (exact) mass is 520 g/mol. The highest BCUT2D eigenvalue weighted by Crippen LogP contribution is 2.36. The van der Waals surface area contributed by atoms with Crippen molar-refractivity contribution in [3.05, 3.63) is 108 Å². The molecule has 0 N–H and O–H groups in total. The number of nitrogens with zero attached hydrogens (tertiary/aromatic N) is 2. The van der Waals surface area contributed by atoms with Gasteiger partial charge in [0.1, 0.15) is 18.0 Å². The van der Waals surface area contributed by atoms with Crippen LogP contribution in [0.1, 0.15) is 52.7 Å². The van der Waals surface area contributed by atoms with Gasteiger partial charge in [-0.3, -0.25) is 0 Å². The average molecular weight is 521 g/mol. The molecule has 0 unspecified atom stereocenters. The van der Waals surface area contributed by atoms with Crippen LogP contribution in [0.2, 0.25) is 0 Å². The van der Waals surface area contributed by atoms with Crippen LogP contribution in [0.25, 0.3) is 44.4 Å². The Labute approximate surface area is 229 Å². The van der Waals surface area contributed by atoms with Crippen LogP contribution < -0.4 is 0 Å². The molecule has 0 aliphatic heterocycles. The van der Waals surface area contributed by atoms with Crippen molar-refractivity contribution in [2.24, 2.45) is 5.41 Å². The normalized spacial score (nSPS) is 12.2. The lowest BCUT2D eigenvalue weighted by Crippen LogP contribution is -2.12. The van der Waals surface area contributed by atoms with Gasteiger partial charge in [0.2, 0.25) is 0 Å². The van der Waals surface area contributed by atoms with E-state index < -0.39 is 11.6 Å². The van der Waals surface area contributed by atoms with Crippen molar-refractivity contribution in [3.8, 4) is 33.6 Å². The smallest absolute Gasteiger partial charge is 0.136 e. The molecule has 0 saturated carbocycles. The zero-order valence-corrected chi connectivity index (χ0v) is 23.4. The van der Waals surface area contributed by atoms with Crippen molar-refractivity contribution in [3.63, 3.8) is 0 Å². The molecule has 0 bridgehead atoms. The fourth-order valence-electron chi connectivity index (χ4n) is 5.14. The van der Waals surface area contributed by atoms with E-state index in [4.69, 9.17) is 0 Å². The summed E-state index contributed by atoms with van der Waals surface area (Å²) < 4.78 is 30.9. The summed E-state index contributed by atoms with van der Waals surface area (Å²) in [6.45, 7) is 13.1. The highest BCUT2D eigenvalue weighted by Gasteiger charge is 2.20. The van der Waals surface area contributed by atoms with Crippen LogP contribution in [0.3, 0.4) is 0 Å². The van der Waals surface area contributed by atoms with Crippen molar-refractivity contribution in [1.82, 2.24) is 9.97 Å². The summed E-state index contributed by atoms with van der Waals surface area (Å²) in [6.07, 6.45) is 2.30. The van der Waals surface area contributed by atoms with E-state index in [1.54, 1.807) is 6.07 Å². The molecule has 1 heterocycles. The van der Waals surface area contributed by atoms with E-state index in [-0.39, 0.29) is 22.1 Å². The van der Waals surface area contributed by atoms with Gasteiger partial charge in [-0.1, -0.05) is 90.1 Å². The molecule has 198 valence electrons. The summed E-state index contributed by atoms with van der Waals surface area (Å²) in [4.78, 5) is 8.71. The molecule has 39 heavy (non-hydrogen) atoms. The number of hydrogen-bond acceptors (Lipinski definition) is 2. The molecule has 1 aromatic heterocycles. The van der Waals surface area contributed by atoms with E-state index in [9.17, 15) is 0 Å². The molecular weight excluding hydrogens is 486 g/mol. The topological polar surface area (TPSA) is 25.8 Å². The largest absolute Gasteiger partial charge is 0.236 e. The zero-order chi connectivity index (χ0) is 27.9. The Morgan fingerprint density at radius 2 is 1.28 bits per heavy atom. The van der Waals surface area contributed by atoms with Crippen LogP contribution in [0.4, 0.5) is 8.78 Å². The van der Waals surface area contributed by atoms with Crippen LogP contribution >= 0.6 is 0 Å². The first-order valence-corrected chi connectivity index (χ1v) is 13.3. The van der Waals surface area contributed by atoms with Crippen LogP contribution in [-0.4, -0.2) is 9.97 Å². The van der Waals surface area contributed by atoms with Gasteiger partial charge in [-0.2, -0.15) is 0 Å². The molecule has 2 nitrogen and oxygen atoms in total. The number of hydrogen-bond donors (Lipinski definition) is 0. The number of rotatable bonds is 4. The van der Waals surface area contributed by atoms with Crippen LogP contribution in [0, 0.1) is 17.0 Å². The molecule has 0 aliphatic carbocycles. The highest BCUT2D eigenvalue weighted by atomic mass is 19.1. The third-order valence-electron chi connectivity index (χ3n) is 6.95. The maximum Gasteiger partial charge on any atom is 0.136 e. The molecule has 5 aromatic rings. The molecule has 4 heteroatoms. The van der Waals surface area contributed by atoms with Gasteiger partial charge >= 0.3 is 0 Å². The maximum absolute atomic E-state index is 15.4. The second-order valence-electron chi connectivity index (χ2n) is 12.5. The first-order chi connectivity index (χ1) is 18.4. The fourth-order valence-corrected chi connectivity index (χ4v) is 5.14. The minimum Gasteiger partial charge on any atom is -0.236 e. The number of aromatic nitrogens is 2. The Bertz CT molecular complexity index is 1630. The van der Waals surface area contributed by atoms with Crippen molar-refractivity contribution in [2.45, 2.75) is 53.4 Å². The maximum atomic E-state index is 15.4. The number of fused-ring (bicyclic) bond motifs is 1. The average Bonchev–Trinajstić information content (AvgIpc) is 2.87. The third-order valence-corrected chi connectivity index (χ3v) is 6.95. The van der Waals surface area contributed by atoms with Gasteiger partial charge in [-0.15, -0.1) is 0 Å². The summed E-state index contributed by atoms with van der Waals surface area (Å²) in [5.41, 5.74) is 5.29. The minimum atomic E-state index is -0.651. The summed E-state index contributed by atoms with van der Waals surface area (Å²) in [6, 6.07) is 24.7. The van der Waals surface area contributed by atoms with Crippen molar-refractivity contribution in [2.75, 3.05) is 0 Å². The molecule has 0 aliphatic rings. The quantitative estimate of drug-likeness (QED) is 0.236. The first kappa shape index (κ1) is 26.7. The Morgan fingerprint density at radius 3 is 1.92 bits per heavy atom. The SMILES string of the molecule is CC(C)(C)Cc1ccc(-c2cc(F)c(-c3cc(-c4cc(C(C)(C)C)c5ccccc5c4)ncn3)c(F)c2)cc1. The lowest BCUT2D eigenvalue weighted by atomic mass is 9.82. The third kappa shape index (κ3) is 5.75. The van der Waals surface area contributed by atoms with Crippen molar-refractivity contribution >= 4 is 10.8 Å². The Kier molecular flexibility index (Phi) is 6.84. The van der Waals surface area contributed by atoms with Gasteiger partial charge in [0.15, 0.2) is 0 Å². The molecule has 0 fully saturated rings. The Hall–Kier alpha value is -3.92. The number of benzene rings is 4. The standard InChI is InChI=1S/C35H34F2N2/c1-34(2,3)20-22-11-13-23(14-12-22)25-17-29(36)33(30(37)18-25)32-19-31(38-21-39-32)26-15-24-9-7-8-10-27(24)28(16-26)35(4,5)6/h7-19,21H,20H2,1-6H3. The molecule has 4 aromatic carbocycles. The van der Waals surface area contributed by atoms with Gasteiger partial charge in [-0.25, -0.2) is 18.7 Å². The van der Waals surface area contributed by atoms with E-state index in [0.717, 1.165) is 22.9 Å². The Morgan fingerprint density at radius 1 is 0.641 bits per heavy atom. The van der Waals surface area contributed by atoms with E-state index in [2.05, 4.69) is 75.8 Å². The first-order valence-electron chi connectivity index (χ1n) is 13.3. The number of halogens is 2. The van der Waals surface area contributed by atoms with Crippen LogP contribution in [0.5, 0.6) is 0 Å². The van der Waals surface area contributed by atoms with E-state index >= 15 is 8.78 Å². The summed E-state index contributed by atoms with van der Waals surface area (Å²) in [7, 11) is 0. The highest BCUT2D eigenvalue weighted by molar-refractivity contribution is 5.91. The molecule has 0 atom stereocenters. The van der Waals surface area contributed by atoms with E-state index in [1.165, 1.54) is 35.0 Å². The van der Waals surface area contributed by atoms with Crippen molar-refractivity contribution < 1.29 is 8.78 Å². The van der Waals surface area contributed by atoms with Gasteiger partial charge in [0.05, 0.1) is 17.0 Å². The predicted octanol–water partition coefficient (Wildman–Crippen LogP) is 9.80. The Balaban J connectivity index is 1.53. The second kappa shape index (κ2) is 10.00. The van der Waals surface area contributed by atoms with Gasteiger partial charge in [0.25, 0.3) is 0 Å². The van der Waals surface area contributed by atoms with Gasteiger partial charge < -0.3 is 0 Å². The van der Waals surface area contributed by atoms with Crippen LogP contribution in [-0.2, 0) is 11.8 Å². The molecular formula is C35H34F2N2. The minimum absolute atomic E-state index is 0.0928. The summed E-state index contributed by atoms with van der Waals surface area (Å²) in [5, 5.41) is 2.28. The lowest BCUT2D eigenvalue weighted by molar-refractivity contribution is 0.411. The van der Waals surface area contributed by atoms with Crippen molar-refractivity contribution in [1.29, 1.82) is 0 Å². The molecule has 0 radical (unpaired) electrons. The van der Waals surface area contributed by atoms with E-state index in [0.29, 0.717) is 11.3 Å². The van der Waals surface area contributed by atoms with Crippen LogP contribution in [0.15, 0.2) is 85.2 Å². The fraction of sp³-hybridized carbons (Fsp3) is 0.257.